The third kappa shape index (κ3) is 2.76. The van der Waals surface area contributed by atoms with Crippen LogP contribution in [0.1, 0.15) is 30.7 Å². The zero-order chi connectivity index (χ0) is 20.4. The number of fused-ring (bicyclic) bond motifs is 2. The quantitative estimate of drug-likeness (QED) is 0.746. The van der Waals surface area contributed by atoms with Crippen molar-refractivity contribution in [2.45, 2.75) is 56.3 Å². The molecule has 0 bridgehead atoms. The summed E-state index contributed by atoms with van der Waals surface area (Å²) in [4.78, 5) is 38.0. The van der Waals surface area contributed by atoms with Crippen LogP contribution in [-0.2, 0) is 20.8 Å². The molecule has 3 heterocycles. The van der Waals surface area contributed by atoms with Gasteiger partial charge in [-0.05, 0) is 44.9 Å². The van der Waals surface area contributed by atoms with Crippen LogP contribution in [0.4, 0.5) is 0 Å². The fourth-order valence-electron chi connectivity index (χ4n) is 4.16. The molecule has 9 heteroatoms. The zero-order valence-electron chi connectivity index (χ0n) is 16.0. The average molecular weight is 403 g/mol. The molecule has 3 atom stereocenters. The highest BCUT2D eigenvalue weighted by molar-refractivity contribution is 8.01. The van der Waals surface area contributed by atoms with Crippen LogP contribution in [0.3, 0.4) is 0 Å². The smallest absolute Gasteiger partial charge is 0.327 e. The number of hydrogen-bond acceptors (Lipinski definition) is 6. The molecule has 148 valence electrons. The van der Waals surface area contributed by atoms with E-state index in [2.05, 4.69) is 10.5 Å². The van der Waals surface area contributed by atoms with Crippen molar-refractivity contribution in [2.75, 3.05) is 0 Å². The predicted molar refractivity (Wildman–Crippen MR) is 103 cm³/mol. The van der Waals surface area contributed by atoms with Crippen molar-refractivity contribution in [3.05, 3.63) is 29.0 Å². The molecule has 0 spiro atoms. The number of hydrogen-bond donors (Lipinski definition) is 2. The van der Waals surface area contributed by atoms with Gasteiger partial charge in [0.1, 0.15) is 23.2 Å². The lowest BCUT2D eigenvalue weighted by Gasteiger charge is -2.43. The number of β-lactam (4-membered cyclic amide) rings is 1. The van der Waals surface area contributed by atoms with E-state index in [0.29, 0.717) is 11.3 Å². The number of carboxylic acid groups (broad SMARTS) is 1. The fourth-order valence-corrected chi connectivity index (χ4v) is 5.79. The molecule has 28 heavy (non-hydrogen) atoms. The number of aromatic nitrogens is 1. The van der Waals surface area contributed by atoms with Crippen molar-refractivity contribution in [2.24, 2.45) is 0 Å². The van der Waals surface area contributed by atoms with E-state index >= 15 is 0 Å². The van der Waals surface area contributed by atoms with Crippen molar-refractivity contribution in [1.29, 1.82) is 0 Å². The number of aliphatic carboxylic acids is 1. The van der Waals surface area contributed by atoms with E-state index in [0.717, 1.165) is 16.5 Å². The van der Waals surface area contributed by atoms with Gasteiger partial charge in [-0.25, -0.2) is 4.79 Å². The van der Waals surface area contributed by atoms with Gasteiger partial charge in [-0.3, -0.25) is 9.59 Å². The molecule has 2 aliphatic heterocycles. The van der Waals surface area contributed by atoms with Gasteiger partial charge >= 0.3 is 5.97 Å². The normalized spacial score (nSPS) is 25.5. The molecule has 0 radical (unpaired) electrons. The van der Waals surface area contributed by atoms with Gasteiger partial charge in [-0.2, -0.15) is 0 Å². The topological polar surface area (TPSA) is 113 Å². The molecule has 2 aromatic rings. The van der Waals surface area contributed by atoms with Crippen LogP contribution in [-0.4, -0.2) is 55.2 Å². The van der Waals surface area contributed by atoms with Crippen molar-refractivity contribution in [3.63, 3.8) is 0 Å². The Morgan fingerprint density at radius 2 is 2.07 bits per heavy atom. The van der Waals surface area contributed by atoms with Gasteiger partial charge in [0.25, 0.3) is 0 Å². The summed E-state index contributed by atoms with van der Waals surface area (Å²) in [5.41, 5.74) is 3.17. The minimum Gasteiger partial charge on any atom is -0.480 e. The summed E-state index contributed by atoms with van der Waals surface area (Å²) in [6, 6.07) is 2.25. The van der Waals surface area contributed by atoms with Gasteiger partial charge in [0, 0.05) is 10.1 Å². The summed E-state index contributed by atoms with van der Waals surface area (Å²) in [6.45, 7) is 7.49. The van der Waals surface area contributed by atoms with Crippen molar-refractivity contribution in [3.8, 4) is 0 Å². The number of amides is 2. The summed E-state index contributed by atoms with van der Waals surface area (Å²) in [7, 11) is 0. The van der Waals surface area contributed by atoms with Crippen molar-refractivity contribution >= 4 is 40.5 Å². The maximum atomic E-state index is 12.6. The summed E-state index contributed by atoms with van der Waals surface area (Å²) in [5, 5.41) is 16.7. The molecule has 2 amide bonds. The first-order valence-electron chi connectivity index (χ1n) is 8.98. The minimum atomic E-state index is -1.03. The number of nitrogens with zero attached hydrogens (tertiary/aromatic N) is 2. The first-order valence-corrected chi connectivity index (χ1v) is 9.86. The van der Waals surface area contributed by atoms with E-state index in [4.69, 9.17) is 4.52 Å². The van der Waals surface area contributed by atoms with E-state index in [1.54, 1.807) is 13.8 Å². The molecule has 2 aliphatic rings. The van der Waals surface area contributed by atoms with Crippen LogP contribution in [0.25, 0.3) is 11.0 Å². The summed E-state index contributed by atoms with van der Waals surface area (Å²) in [5.74, 6) is -1.73. The van der Waals surface area contributed by atoms with E-state index in [-0.39, 0.29) is 23.6 Å². The summed E-state index contributed by atoms with van der Waals surface area (Å²) in [6.07, 6.45) is -0.0101. The van der Waals surface area contributed by atoms with Gasteiger partial charge in [-0.1, -0.05) is 11.2 Å². The highest BCUT2D eigenvalue weighted by Gasteiger charge is 2.64. The number of aryl methyl sites for hydroxylation is 2. The fraction of sp³-hybridized carbons (Fsp3) is 0.474. The lowest BCUT2D eigenvalue weighted by atomic mass is 9.96. The molecule has 8 nitrogen and oxygen atoms in total. The van der Waals surface area contributed by atoms with Crippen molar-refractivity contribution in [1.82, 2.24) is 15.4 Å². The van der Waals surface area contributed by atoms with Gasteiger partial charge in [0.2, 0.25) is 11.8 Å². The highest BCUT2D eigenvalue weighted by atomic mass is 32.2. The largest absolute Gasteiger partial charge is 0.480 e. The number of carbonyl (C=O) groups excluding carboxylic acids is 2. The number of nitrogens with one attached hydrogen (secondary N) is 1. The number of carboxylic acids is 1. The molecule has 0 unspecified atom stereocenters. The molecule has 1 aromatic heterocycles. The van der Waals surface area contributed by atoms with E-state index in [1.807, 2.05) is 26.0 Å². The van der Waals surface area contributed by atoms with E-state index in [9.17, 15) is 19.5 Å². The third-order valence-electron chi connectivity index (χ3n) is 5.31. The number of benzene rings is 1. The van der Waals surface area contributed by atoms with Gasteiger partial charge in [0.15, 0.2) is 5.58 Å². The molecule has 1 aromatic carbocycles. The molecule has 0 aliphatic carbocycles. The highest BCUT2D eigenvalue weighted by Crippen LogP contribution is 2.50. The zero-order valence-corrected chi connectivity index (χ0v) is 16.8. The first-order chi connectivity index (χ1) is 13.1. The molecule has 2 saturated heterocycles. The second kappa shape index (κ2) is 6.23. The van der Waals surface area contributed by atoms with Gasteiger partial charge in [-0.15, -0.1) is 11.8 Å². The minimum absolute atomic E-state index is 0.0101. The van der Waals surface area contributed by atoms with Crippen LogP contribution in [0, 0.1) is 13.8 Å². The van der Waals surface area contributed by atoms with Crippen LogP contribution < -0.4 is 5.32 Å². The lowest BCUT2D eigenvalue weighted by Crippen LogP contribution is -2.70. The second-order valence-electron chi connectivity index (χ2n) is 7.90. The third-order valence-corrected chi connectivity index (χ3v) is 6.88. The lowest BCUT2D eigenvalue weighted by molar-refractivity contribution is -0.161. The standard InChI is InChI=1S/C19H21N3O5S/c1-8-5-9(2)13-10(21-27-11(13)6-8)7-12(23)20-14-16(24)22-15(18(25)26)19(3,4)28-17(14)22/h5-6,14-15,17H,7H2,1-4H3,(H,20,23)(H,25,26)/t14-,15+,17-/m1/s1. The van der Waals surface area contributed by atoms with E-state index in [1.165, 1.54) is 16.7 Å². The van der Waals surface area contributed by atoms with E-state index < -0.39 is 22.8 Å². The Kier molecular flexibility index (Phi) is 4.18. The number of carbonyl (C=O) groups is 3. The Labute approximate surface area is 165 Å². The number of thioether (sulfide) groups is 1. The van der Waals surface area contributed by atoms with Crippen molar-refractivity contribution < 1.29 is 24.0 Å². The Morgan fingerprint density at radius 1 is 1.36 bits per heavy atom. The van der Waals surface area contributed by atoms with Gasteiger partial charge < -0.3 is 19.8 Å². The molecule has 2 N–H and O–H groups in total. The number of rotatable bonds is 4. The second-order valence-corrected chi connectivity index (χ2v) is 9.68. The van der Waals surface area contributed by atoms with Crippen LogP contribution in [0.2, 0.25) is 0 Å². The maximum absolute atomic E-state index is 12.6. The molecular formula is C19H21N3O5S. The monoisotopic (exact) mass is 403 g/mol. The molecule has 0 saturated carbocycles. The van der Waals surface area contributed by atoms with Crippen LogP contribution in [0.5, 0.6) is 0 Å². The Hall–Kier alpha value is -2.55. The molecule has 2 fully saturated rings. The summed E-state index contributed by atoms with van der Waals surface area (Å²) < 4.78 is 4.72. The predicted octanol–water partition coefficient (Wildman–Crippen LogP) is 1.62. The maximum Gasteiger partial charge on any atom is 0.327 e. The first kappa shape index (κ1) is 18.8. The Bertz CT molecular complexity index is 1010. The molecular weight excluding hydrogens is 382 g/mol. The molecule has 4 rings (SSSR count). The SMILES string of the molecule is Cc1cc(C)c2c(CC(=O)N[C@@H]3C(=O)N4[C@@H]3SC(C)(C)[C@@H]4C(=O)O)noc2c1. The van der Waals surface area contributed by atoms with Crippen LogP contribution in [0.15, 0.2) is 16.7 Å². The average Bonchev–Trinajstić information content (AvgIpc) is 3.09. The Morgan fingerprint density at radius 3 is 2.75 bits per heavy atom. The summed E-state index contributed by atoms with van der Waals surface area (Å²) >= 11 is 1.40. The Balaban J connectivity index is 1.49. The van der Waals surface area contributed by atoms with Gasteiger partial charge in [0.05, 0.1) is 6.42 Å². The van der Waals surface area contributed by atoms with Crippen LogP contribution >= 0.6 is 11.8 Å².